The van der Waals surface area contributed by atoms with Crippen LogP contribution in [0.4, 0.5) is 10.1 Å². The van der Waals surface area contributed by atoms with Gasteiger partial charge in [-0.15, -0.1) is 0 Å². The summed E-state index contributed by atoms with van der Waals surface area (Å²) in [5, 5.41) is 2.62. The zero-order valence-corrected chi connectivity index (χ0v) is 16.2. The largest absolute Gasteiger partial charge is 0.324 e. The number of carbonyl (C=O) groups is 1. The summed E-state index contributed by atoms with van der Waals surface area (Å²) in [7, 11) is -3.84. The summed E-state index contributed by atoms with van der Waals surface area (Å²) < 4.78 is 40.9. The second-order valence-electron chi connectivity index (χ2n) is 5.72. The smallest absolute Gasteiger partial charge is 0.242 e. The van der Waals surface area contributed by atoms with Gasteiger partial charge in [0.25, 0.3) is 0 Å². The molecule has 1 atom stereocenters. The molecule has 1 unspecified atom stereocenters. The predicted octanol–water partition coefficient (Wildman–Crippen LogP) is 3.17. The van der Waals surface area contributed by atoms with Gasteiger partial charge in [0.1, 0.15) is 11.9 Å². The third-order valence-electron chi connectivity index (χ3n) is 3.74. The van der Waals surface area contributed by atoms with Gasteiger partial charge in [0.2, 0.25) is 15.9 Å². The standard InChI is InChI=1S/C18H21FN2O3S2/c1-13-8-9-14(19)12-17(13)20-18(22)16(10-11-25-2)21-26(23,24)15-6-4-3-5-7-15/h3-9,12,16,21H,10-11H2,1-2H3,(H,20,22). The average molecular weight is 397 g/mol. The number of hydrogen-bond donors (Lipinski definition) is 2. The van der Waals surface area contributed by atoms with Crippen molar-refractivity contribution < 1.29 is 17.6 Å². The molecule has 2 rings (SSSR count). The van der Waals surface area contributed by atoms with Crippen molar-refractivity contribution in [3.63, 3.8) is 0 Å². The van der Waals surface area contributed by atoms with E-state index in [-0.39, 0.29) is 4.90 Å². The monoisotopic (exact) mass is 396 g/mol. The molecule has 0 aliphatic heterocycles. The first-order chi connectivity index (χ1) is 12.3. The molecule has 0 aromatic heterocycles. The number of hydrogen-bond acceptors (Lipinski definition) is 4. The molecule has 0 spiro atoms. The number of benzene rings is 2. The fraction of sp³-hybridized carbons (Fsp3) is 0.278. The van der Waals surface area contributed by atoms with Crippen molar-refractivity contribution in [1.29, 1.82) is 0 Å². The molecule has 0 aliphatic carbocycles. The Hall–Kier alpha value is -1.90. The van der Waals surface area contributed by atoms with Gasteiger partial charge in [0.15, 0.2) is 0 Å². The molecular weight excluding hydrogens is 375 g/mol. The van der Waals surface area contributed by atoms with E-state index in [1.807, 2.05) is 6.26 Å². The lowest BCUT2D eigenvalue weighted by Crippen LogP contribution is -2.44. The maximum absolute atomic E-state index is 13.4. The molecule has 5 nitrogen and oxygen atoms in total. The molecule has 140 valence electrons. The highest BCUT2D eigenvalue weighted by Crippen LogP contribution is 2.17. The number of amides is 1. The Labute approximate surface area is 157 Å². The highest BCUT2D eigenvalue weighted by atomic mass is 32.2. The highest BCUT2D eigenvalue weighted by molar-refractivity contribution is 7.98. The molecule has 8 heteroatoms. The molecule has 0 fully saturated rings. The number of sulfonamides is 1. The van der Waals surface area contributed by atoms with Gasteiger partial charge < -0.3 is 5.32 Å². The van der Waals surface area contributed by atoms with E-state index < -0.39 is 27.8 Å². The van der Waals surface area contributed by atoms with Gasteiger partial charge >= 0.3 is 0 Å². The number of carbonyl (C=O) groups excluding carboxylic acids is 1. The van der Waals surface area contributed by atoms with Crippen LogP contribution in [-0.2, 0) is 14.8 Å². The molecule has 1 amide bonds. The van der Waals surface area contributed by atoms with Gasteiger partial charge in [-0.25, -0.2) is 12.8 Å². The van der Waals surface area contributed by atoms with E-state index in [2.05, 4.69) is 10.0 Å². The lowest BCUT2D eigenvalue weighted by atomic mass is 10.1. The summed E-state index contributed by atoms with van der Waals surface area (Å²) in [4.78, 5) is 12.7. The number of anilines is 1. The van der Waals surface area contributed by atoms with Crippen molar-refractivity contribution in [2.24, 2.45) is 0 Å². The van der Waals surface area contributed by atoms with E-state index in [0.29, 0.717) is 23.4 Å². The molecule has 0 aliphatic rings. The van der Waals surface area contributed by atoms with E-state index in [1.165, 1.54) is 36.0 Å². The molecule has 26 heavy (non-hydrogen) atoms. The van der Waals surface area contributed by atoms with Gasteiger partial charge in [-0.3, -0.25) is 4.79 Å². The van der Waals surface area contributed by atoms with Crippen LogP contribution in [0.15, 0.2) is 53.4 Å². The highest BCUT2D eigenvalue weighted by Gasteiger charge is 2.25. The lowest BCUT2D eigenvalue weighted by Gasteiger charge is -2.19. The van der Waals surface area contributed by atoms with Crippen LogP contribution in [-0.4, -0.2) is 32.4 Å². The second kappa shape index (κ2) is 9.16. The lowest BCUT2D eigenvalue weighted by molar-refractivity contribution is -0.117. The normalized spacial score (nSPS) is 12.6. The Kier molecular flexibility index (Phi) is 7.19. The third kappa shape index (κ3) is 5.55. The fourth-order valence-corrected chi connectivity index (χ4v) is 4.01. The van der Waals surface area contributed by atoms with Gasteiger partial charge in [-0.1, -0.05) is 24.3 Å². The molecule has 0 bridgehead atoms. The Morgan fingerprint density at radius 1 is 1.19 bits per heavy atom. The summed E-state index contributed by atoms with van der Waals surface area (Å²) in [6, 6.07) is 11.0. The third-order valence-corrected chi connectivity index (χ3v) is 5.87. The van der Waals surface area contributed by atoms with Crippen LogP contribution in [0, 0.1) is 12.7 Å². The zero-order chi connectivity index (χ0) is 19.2. The Morgan fingerprint density at radius 2 is 1.88 bits per heavy atom. The molecule has 0 saturated carbocycles. The van der Waals surface area contributed by atoms with E-state index in [4.69, 9.17) is 0 Å². The first-order valence-electron chi connectivity index (χ1n) is 7.97. The van der Waals surface area contributed by atoms with Gasteiger partial charge in [-0.2, -0.15) is 16.5 Å². The van der Waals surface area contributed by atoms with E-state index in [1.54, 1.807) is 31.2 Å². The number of halogens is 1. The number of aryl methyl sites for hydroxylation is 1. The quantitative estimate of drug-likeness (QED) is 0.719. The van der Waals surface area contributed by atoms with E-state index >= 15 is 0 Å². The Bertz CT molecular complexity index is 858. The summed E-state index contributed by atoms with van der Waals surface area (Å²) >= 11 is 1.51. The SMILES string of the molecule is CSCCC(NS(=O)(=O)c1ccccc1)C(=O)Nc1cc(F)ccc1C. The zero-order valence-electron chi connectivity index (χ0n) is 14.5. The second-order valence-corrected chi connectivity index (χ2v) is 8.42. The maximum atomic E-state index is 13.4. The van der Waals surface area contributed by atoms with Gasteiger partial charge in [-0.05, 0) is 55.2 Å². The minimum atomic E-state index is -3.84. The van der Waals surface area contributed by atoms with Gasteiger partial charge in [0.05, 0.1) is 4.90 Å². The van der Waals surface area contributed by atoms with Crippen molar-refractivity contribution in [2.75, 3.05) is 17.3 Å². The van der Waals surface area contributed by atoms with Crippen LogP contribution >= 0.6 is 11.8 Å². The Balaban J connectivity index is 2.20. The summed E-state index contributed by atoms with van der Waals surface area (Å²) in [6.45, 7) is 1.74. The summed E-state index contributed by atoms with van der Waals surface area (Å²) in [5.41, 5.74) is 1.01. The van der Waals surface area contributed by atoms with Crippen molar-refractivity contribution in [1.82, 2.24) is 4.72 Å². The molecule has 0 saturated heterocycles. The van der Waals surface area contributed by atoms with Crippen molar-refractivity contribution in [3.8, 4) is 0 Å². The topological polar surface area (TPSA) is 75.3 Å². The van der Waals surface area contributed by atoms with E-state index in [9.17, 15) is 17.6 Å². The molecule has 2 aromatic carbocycles. The molecule has 2 N–H and O–H groups in total. The summed E-state index contributed by atoms with van der Waals surface area (Å²) in [5.74, 6) is -0.402. The minimum Gasteiger partial charge on any atom is -0.324 e. The van der Waals surface area contributed by atoms with Crippen LogP contribution in [0.5, 0.6) is 0 Å². The fourth-order valence-electron chi connectivity index (χ4n) is 2.28. The first-order valence-corrected chi connectivity index (χ1v) is 10.8. The summed E-state index contributed by atoms with van der Waals surface area (Å²) in [6.07, 6.45) is 2.19. The van der Waals surface area contributed by atoms with Crippen LogP contribution in [0.3, 0.4) is 0 Å². The van der Waals surface area contributed by atoms with Crippen LogP contribution in [0.1, 0.15) is 12.0 Å². The molecule has 0 heterocycles. The average Bonchev–Trinajstić information content (AvgIpc) is 2.62. The molecular formula is C18H21FN2O3S2. The molecule has 0 radical (unpaired) electrons. The minimum absolute atomic E-state index is 0.0869. The van der Waals surface area contributed by atoms with Crippen molar-refractivity contribution >= 4 is 33.4 Å². The maximum Gasteiger partial charge on any atom is 0.242 e. The van der Waals surface area contributed by atoms with Gasteiger partial charge in [0, 0.05) is 5.69 Å². The Morgan fingerprint density at radius 3 is 2.54 bits per heavy atom. The molecule has 2 aromatic rings. The van der Waals surface area contributed by atoms with E-state index in [0.717, 1.165) is 0 Å². The first kappa shape index (κ1) is 20.4. The van der Waals surface area contributed by atoms with Crippen LogP contribution < -0.4 is 10.0 Å². The number of nitrogens with one attached hydrogen (secondary N) is 2. The van der Waals surface area contributed by atoms with Crippen LogP contribution in [0.25, 0.3) is 0 Å². The van der Waals surface area contributed by atoms with Crippen molar-refractivity contribution in [2.45, 2.75) is 24.3 Å². The number of rotatable bonds is 8. The van der Waals surface area contributed by atoms with Crippen molar-refractivity contribution in [3.05, 3.63) is 59.9 Å². The van der Waals surface area contributed by atoms with Crippen LogP contribution in [0.2, 0.25) is 0 Å². The predicted molar refractivity (Wildman–Crippen MR) is 103 cm³/mol. The number of thioether (sulfide) groups is 1.